The first-order chi connectivity index (χ1) is 12.7. The second kappa shape index (κ2) is 6.76. The van der Waals surface area contributed by atoms with Crippen molar-refractivity contribution in [2.24, 2.45) is 5.92 Å². The van der Waals surface area contributed by atoms with E-state index in [1.165, 1.54) is 5.56 Å². The SMILES string of the molecule is COc1cc([C@H]2Nc3c(Cl)cccc3[C@H]3C=CC[C@@H]32)cc(OC)c1OC. The molecule has 0 aromatic heterocycles. The monoisotopic (exact) mass is 371 g/mol. The molecule has 1 N–H and O–H groups in total. The van der Waals surface area contributed by atoms with Gasteiger partial charge in [0.15, 0.2) is 11.5 Å². The molecule has 0 fully saturated rings. The third-order valence-electron chi connectivity index (χ3n) is 5.39. The molecule has 5 heteroatoms. The van der Waals surface area contributed by atoms with Gasteiger partial charge in [-0.3, -0.25) is 0 Å². The normalized spacial score (nSPS) is 23.0. The number of ether oxygens (including phenoxy) is 3. The van der Waals surface area contributed by atoms with Gasteiger partial charge >= 0.3 is 0 Å². The number of halogens is 1. The maximum Gasteiger partial charge on any atom is 0.203 e. The van der Waals surface area contributed by atoms with Gasteiger partial charge in [0.05, 0.1) is 38.1 Å². The van der Waals surface area contributed by atoms with Crippen molar-refractivity contribution in [3.05, 3.63) is 58.6 Å². The maximum absolute atomic E-state index is 6.49. The highest BCUT2D eigenvalue weighted by atomic mass is 35.5. The third kappa shape index (κ3) is 2.60. The predicted octanol–water partition coefficient (Wildman–Crippen LogP) is 5.19. The second-order valence-electron chi connectivity index (χ2n) is 6.64. The summed E-state index contributed by atoms with van der Waals surface area (Å²) in [4.78, 5) is 0. The molecule has 2 aliphatic rings. The Labute approximate surface area is 158 Å². The van der Waals surface area contributed by atoms with Gasteiger partial charge in [-0.15, -0.1) is 0 Å². The van der Waals surface area contributed by atoms with E-state index in [1.807, 2.05) is 24.3 Å². The Bertz CT molecular complexity index is 839. The van der Waals surface area contributed by atoms with Gasteiger partial charge in [0.25, 0.3) is 0 Å². The summed E-state index contributed by atoms with van der Waals surface area (Å²) in [6, 6.07) is 10.3. The number of para-hydroxylation sites is 1. The Morgan fingerprint density at radius 3 is 2.42 bits per heavy atom. The Hall–Kier alpha value is -2.33. The molecule has 0 saturated carbocycles. The van der Waals surface area contributed by atoms with Crippen molar-refractivity contribution in [2.75, 3.05) is 26.6 Å². The molecule has 0 bridgehead atoms. The van der Waals surface area contributed by atoms with E-state index in [0.717, 1.165) is 22.7 Å². The number of allylic oxidation sites excluding steroid dienone is 2. The minimum absolute atomic E-state index is 0.108. The molecular weight excluding hydrogens is 350 g/mol. The van der Waals surface area contributed by atoms with Crippen LogP contribution in [-0.4, -0.2) is 21.3 Å². The zero-order chi connectivity index (χ0) is 18.3. The Kier molecular flexibility index (Phi) is 4.45. The lowest BCUT2D eigenvalue weighted by Crippen LogP contribution is -2.29. The summed E-state index contributed by atoms with van der Waals surface area (Å²) in [5, 5.41) is 4.42. The summed E-state index contributed by atoms with van der Waals surface area (Å²) in [6.45, 7) is 0. The van der Waals surface area contributed by atoms with Gasteiger partial charge in [-0.1, -0.05) is 35.9 Å². The molecule has 0 amide bonds. The van der Waals surface area contributed by atoms with Gasteiger partial charge in [-0.05, 0) is 41.7 Å². The highest BCUT2D eigenvalue weighted by Crippen LogP contribution is 2.52. The molecule has 1 aliphatic carbocycles. The van der Waals surface area contributed by atoms with Crippen LogP contribution < -0.4 is 19.5 Å². The van der Waals surface area contributed by atoms with Crippen molar-refractivity contribution in [3.63, 3.8) is 0 Å². The minimum Gasteiger partial charge on any atom is -0.493 e. The van der Waals surface area contributed by atoms with Crippen molar-refractivity contribution >= 4 is 17.3 Å². The van der Waals surface area contributed by atoms with Crippen molar-refractivity contribution in [2.45, 2.75) is 18.4 Å². The van der Waals surface area contributed by atoms with E-state index in [0.29, 0.717) is 29.1 Å². The quantitative estimate of drug-likeness (QED) is 0.750. The second-order valence-corrected chi connectivity index (χ2v) is 7.05. The molecule has 1 aliphatic heterocycles. The van der Waals surface area contributed by atoms with Crippen molar-refractivity contribution in [1.82, 2.24) is 0 Å². The van der Waals surface area contributed by atoms with Gasteiger partial charge in [0, 0.05) is 5.92 Å². The average Bonchev–Trinajstić information content (AvgIpc) is 3.16. The number of hydrogen-bond donors (Lipinski definition) is 1. The topological polar surface area (TPSA) is 39.7 Å². The maximum atomic E-state index is 6.49. The van der Waals surface area contributed by atoms with Crippen LogP contribution in [0.15, 0.2) is 42.5 Å². The van der Waals surface area contributed by atoms with Crippen molar-refractivity contribution in [1.29, 1.82) is 0 Å². The summed E-state index contributed by atoms with van der Waals surface area (Å²) in [7, 11) is 4.90. The molecule has 0 unspecified atom stereocenters. The van der Waals surface area contributed by atoms with E-state index >= 15 is 0 Å². The smallest absolute Gasteiger partial charge is 0.203 e. The fraction of sp³-hybridized carbons (Fsp3) is 0.333. The Balaban J connectivity index is 1.82. The van der Waals surface area contributed by atoms with Gasteiger partial charge in [0.2, 0.25) is 5.75 Å². The number of benzene rings is 2. The number of hydrogen-bond acceptors (Lipinski definition) is 4. The summed E-state index contributed by atoms with van der Waals surface area (Å²) in [6.07, 6.45) is 5.58. The molecule has 4 nitrogen and oxygen atoms in total. The minimum atomic E-state index is 0.108. The summed E-state index contributed by atoms with van der Waals surface area (Å²) in [5.74, 6) is 2.71. The molecule has 0 saturated heterocycles. The fourth-order valence-corrected chi connectivity index (χ4v) is 4.43. The Morgan fingerprint density at radius 2 is 1.77 bits per heavy atom. The van der Waals surface area contributed by atoms with Crippen LogP contribution in [0.4, 0.5) is 5.69 Å². The van der Waals surface area contributed by atoms with Crippen LogP contribution in [0, 0.1) is 5.92 Å². The van der Waals surface area contributed by atoms with Gasteiger partial charge < -0.3 is 19.5 Å². The lowest BCUT2D eigenvalue weighted by molar-refractivity contribution is 0.322. The number of anilines is 1. The van der Waals surface area contributed by atoms with Gasteiger partial charge in [0.1, 0.15) is 0 Å². The third-order valence-corrected chi connectivity index (χ3v) is 5.71. The zero-order valence-corrected chi connectivity index (χ0v) is 15.8. The zero-order valence-electron chi connectivity index (χ0n) is 15.1. The molecule has 136 valence electrons. The number of methoxy groups -OCH3 is 3. The molecule has 0 spiro atoms. The molecule has 2 aromatic carbocycles. The first-order valence-corrected chi connectivity index (χ1v) is 9.07. The average molecular weight is 372 g/mol. The van der Waals surface area contributed by atoms with Crippen molar-refractivity contribution in [3.8, 4) is 17.2 Å². The van der Waals surface area contributed by atoms with Crippen molar-refractivity contribution < 1.29 is 14.2 Å². The molecule has 1 heterocycles. The van der Waals surface area contributed by atoms with E-state index in [1.54, 1.807) is 21.3 Å². The lowest BCUT2D eigenvalue weighted by Gasteiger charge is -2.38. The molecule has 0 radical (unpaired) electrons. The van der Waals surface area contributed by atoms with Gasteiger partial charge in [-0.2, -0.15) is 0 Å². The fourth-order valence-electron chi connectivity index (χ4n) is 4.19. The van der Waals surface area contributed by atoms with Crippen LogP contribution in [0.3, 0.4) is 0 Å². The highest BCUT2D eigenvalue weighted by Gasteiger charge is 2.39. The predicted molar refractivity (Wildman–Crippen MR) is 104 cm³/mol. The van der Waals surface area contributed by atoms with Crippen LogP contribution >= 0.6 is 11.6 Å². The molecule has 26 heavy (non-hydrogen) atoms. The van der Waals surface area contributed by atoms with E-state index in [-0.39, 0.29) is 6.04 Å². The first kappa shape index (κ1) is 17.1. The number of rotatable bonds is 4. The molecule has 4 rings (SSSR count). The highest BCUT2D eigenvalue weighted by molar-refractivity contribution is 6.33. The summed E-state index contributed by atoms with van der Waals surface area (Å²) in [5.41, 5.74) is 3.38. The first-order valence-electron chi connectivity index (χ1n) is 8.69. The molecule has 3 atom stereocenters. The van der Waals surface area contributed by atoms with Crippen LogP contribution in [0.5, 0.6) is 17.2 Å². The summed E-state index contributed by atoms with van der Waals surface area (Å²) >= 11 is 6.49. The van der Waals surface area contributed by atoms with E-state index < -0.39 is 0 Å². The number of fused-ring (bicyclic) bond motifs is 3. The van der Waals surface area contributed by atoms with Crippen LogP contribution in [0.25, 0.3) is 0 Å². The van der Waals surface area contributed by atoms with Crippen LogP contribution in [0.2, 0.25) is 5.02 Å². The molecule has 2 aromatic rings. The van der Waals surface area contributed by atoms with E-state index in [2.05, 4.69) is 23.5 Å². The summed E-state index contributed by atoms with van der Waals surface area (Å²) < 4.78 is 16.5. The van der Waals surface area contributed by atoms with E-state index in [4.69, 9.17) is 25.8 Å². The lowest BCUT2D eigenvalue weighted by atomic mass is 9.77. The number of nitrogens with one attached hydrogen (secondary N) is 1. The largest absolute Gasteiger partial charge is 0.493 e. The molecular formula is C21H22ClNO3. The van der Waals surface area contributed by atoms with Gasteiger partial charge in [-0.25, -0.2) is 0 Å². The van der Waals surface area contributed by atoms with E-state index in [9.17, 15) is 0 Å². The van der Waals surface area contributed by atoms with Crippen LogP contribution in [-0.2, 0) is 0 Å². The Morgan fingerprint density at radius 1 is 1.04 bits per heavy atom. The van der Waals surface area contributed by atoms with Crippen LogP contribution in [0.1, 0.15) is 29.5 Å². The standard InChI is InChI=1S/C21H22ClNO3/c1-24-17-10-12(11-18(25-2)21(17)26-3)19-14-7-4-6-13(14)15-8-5-9-16(22)20(15)23-19/h4-6,8-11,13-14,19,23H,7H2,1-3H3/t13-,14-,19+/m0/s1.